The van der Waals surface area contributed by atoms with Crippen LogP contribution in [0, 0.1) is 0 Å². The third-order valence-electron chi connectivity index (χ3n) is 2.87. The summed E-state index contributed by atoms with van der Waals surface area (Å²) in [6.07, 6.45) is 1.12. The molecule has 2 fully saturated rings. The maximum absolute atomic E-state index is 5.70. The monoisotopic (exact) mass is 275 g/mol. The van der Waals surface area contributed by atoms with Gasteiger partial charge in [0.2, 0.25) is 5.13 Å². The minimum absolute atomic E-state index is 0.0445. The Bertz CT molecular complexity index is 371. The lowest BCUT2D eigenvalue weighted by atomic mass is 10.1. The lowest BCUT2D eigenvalue weighted by Crippen LogP contribution is -2.41. The molecular formula is C8H10BrN3OS. The van der Waals surface area contributed by atoms with Crippen LogP contribution in [0.25, 0.3) is 0 Å². The van der Waals surface area contributed by atoms with Crippen molar-refractivity contribution in [3.05, 3.63) is 3.92 Å². The molecule has 14 heavy (non-hydrogen) atoms. The van der Waals surface area contributed by atoms with Crippen LogP contribution in [0.4, 0.5) is 5.13 Å². The van der Waals surface area contributed by atoms with Crippen molar-refractivity contribution in [3.63, 3.8) is 0 Å². The summed E-state index contributed by atoms with van der Waals surface area (Å²) in [6.45, 7) is 3.94. The Morgan fingerprint density at radius 3 is 3.00 bits per heavy atom. The summed E-state index contributed by atoms with van der Waals surface area (Å²) in [6, 6.07) is 0.500. The van der Waals surface area contributed by atoms with Gasteiger partial charge in [-0.3, -0.25) is 0 Å². The normalized spacial score (nSPS) is 35.6. The molecule has 0 aromatic carbocycles. The highest BCUT2D eigenvalue weighted by Crippen LogP contribution is 2.40. The van der Waals surface area contributed by atoms with Gasteiger partial charge in [0.1, 0.15) is 0 Å². The Balaban J connectivity index is 1.89. The molecule has 1 aromatic rings. The lowest BCUT2D eigenvalue weighted by Gasteiger charge is -2.29. The van der Waals surface area contributed by atoms with Gasteiger partial charge >= 0.3 is 0 Å². The van der Waals surface area contributed by atoms with E-state index in [9.17, 15) is 0 Å². The lowest BCUT2D eigenvalue weighted by molar-refractivity contribution is 0.0169. The van der Waals surface area contributed by atoms with E-state index < -0.39 is 0 Å². The third-order valence-corrected chi connectivity index (χ3v) is 4.27. The van der Waals surface area contributed by atoms with Crippen molar-refractivity contribution in [1.29, 1.82) is 0 Å². The number of ether oxygens (including phenoxy) is 1. The van der Waals surface area contributed by atoms with Crippen LogP contribution in [0.5, 0.6) is 0 Å². The molecule has 2 saturated heterocycles. The highest BCUT2D eigenvalue weighted by atomic mass is 79.9. The SMILES string of the molecule is CC12C[C@@H](CO1)N(c1nnc(Br)s1)C2. The number of anilines is 1. The van der Waals surface area contributed by atoms with Gasteiger partial charge in [-0.2, -0.15) is 0 Å². The molecule has 2 aliphatic rings. The Labute approximate surface area is 94.4 Å². The van der Waals surface area contributed by atoms with Crippen LogP contribution in [0.3, 0.4) is 0 Å². The largest absolute Gasteiger partial charge is 0.371 e. The quantitative estimate of drug-likeness (QED) is 0.782. The molecule has 1 aromatic heterocycles. The van der Waals surface area contributed by atoms with Gasteiger partial charge in [-0.25, -0.2) is 0 Å². The van der Waals surface area contributed by atoms with E-state index >= 15 is 0 Å². The zero-order valence-corrected chi connectivity index (χ0v) is 10.1. The third kappa shape index (κ3) is 1.28. The average Bonchev–Trinajstić information content (AvgIpc) is 2.76. The average molecular weight is 276 g/mol. The first-order valence-corrected chi connectivity index (χ1v) is 6.17. The zero-order valence-electron chi connectivity index (χ0n) is 7.73. The molecule has 0 spiro atoms. The number of aromatic nitrogens is 2. The minimum Gasteiger partial charge on any atom is -0.371 e. The van der Waals surface area contributed by atoms with Gasteiger partial charge < -0.3 is 9.64 Å². The molecule has 2 bridgehead atoms. The van der Waals surface area contributed by atoms with Crippen molar-refractivity contribution >= 4 is 32.4 Å². The molecule has 2 aliphatic heterocycles. The maximum Gasteiger partial charge on any atom is 0.209 e. The van der Waals surface area contributed by atoms with Crippen LogP contribution < -0.4 is 4.90 Å². The minimum atomic E-state index is 0.0445. The van der Waals surface area contributed by atoms with Crippen LogP contribution in [0.1, 0.15) is 13.3 Å². The number of nitrogens with zero attached hydrogens (tertiary/aromatic N) is 3. The van der Waals surface area contributed by atoms with E-state index in [1.165, 1.54) is 0 Å². The van der Waals surface area contributed by atoms with E-state index in [2.05, 4.69) is 38.0 Å². The Morgan fingerprint density at radius 2 is 2.50 bits per heavy atom. The van der Waals surface area contributed by atoms with Gasteiger partial charge in [-0.15, -0.1) is 10.2 Å². The van der Waals surface area contributed by atoms with Gasteiger partial charge in [-0.05, 0) is 22.9 Å². The summed E-state index contributed by atoms with van der Waals surface area (Å²) in [4.78, 5) is 2.31. The molecule has 2 atom stereocenters. The van der Waals surface area contributed by atoms with Crippen molar-refractivity contribution in [2.75, 3.05) is 18.1 Å². The Morgan fingerprint density at radius 1 is 1.64 bits per heavy atom. The standard InChI is InChI=1S/C8H10BrN3OS/c1-8-2-5(3-13-8)12(4-8)7-11-10-6(9)14-7/h5H,2-4H2,1H3/t5-,8?/m0/s1. The molecule has 4 nitrogen and oxygen atoms in total. The Hall–Kier alpha value is -0.200. The van der Waals surface area contributed by atoms with Crippen molar-refractivity contribution in [2.45, 2.75) is 25.0 Å². The summed E-state index contributed by atoms with van der Waals surface area (Å²) in [5.74, 6) is 0. The van der Waals surface area contributed by atoms with Crippen molar-refractivity contribution in [1.82, 2.24) is 10.2 Å². The topological polar surface area (TPSA) is 38.2 Å². The van der Waals surface area contributed by atoms with Crippen LogP contribution >= 0.6 is 27.3 Å². The fourth-order valence-corrected chi connectivity index (χ4v) is 3.41. The molecule has 76 valence electrons. The van der Waals surface area contributed by atoms with Gasteiger partial charge in [-0.1, -0.05) is 11.3 Å². The van der Waals surface area contributed by atoms with E-state index in [1.54, 1.807) is 11.3 Å². The van der Waals surface area contributed by atoms with Crippen molar-refractivity contribution < 1.29 is 4.74 Å². The van der Waals surface area contributed by atoms with E-state index in [0.717, 1.165) is 28.6 Å². The van der Waals surface area contributed by atoms with E-state index in [4.69, 9.17) is 4.74 Å². The summed E-state index contributed by atoms with van der Waals surface area (Å²) in [5, 5.41) is 9.12. The molecule has 0 aliphatic carbocycles. The highest BCUT2D eigenvalue weighted by Gasteiger charge is 2.48. The highest BCUT2D eigenvalue weighted by molar-refractivity contribution is 9.11. The molecular weight excluding hydrogens is 266 g/mol. The molecule has 0 radical (unpaired) electrons. The fourth-order valence-electron chi connectivity index (χ4n) is 2.25. The van der Waals surface area contributed by atoms with Gasteiger partial charge in [0, 0.05) is 13.0 Å². The molecule has 0 N–H and O–H groups in total. The van der Waals surface area contributed by atoms with E-state index in [-0.39, 0.29) is 5.60 Å². The van der Waals surface area contributed by atoms with Crippen LogP contribution in [-0.4, -0.2) is 35.0 Å². The number of hydrogen-bond acceptors (Lipinski definition) is 5. The van der Waals surface area contributed by atoms with Crippen LogP contribution in [0.2, 0.25) is 0 Å². The number of halogens is 1. The first-order chi connectivity index (χ1) is 6.66. The smallest absolute Gasteiger partial charge is 0.209 e. The maximum atomic E-state index is 5.70. The summed E-state index contributed by atoms with van der Waals surface area (Å²) in [7, 11) is 0. The van der Waals surface area contributed by atoms with Gasteiger partial charge in [0.05, 0.1) is 18.2 Å². The van der Waals surface area contributed by atoms with Crippen LogP contribution in [0.15, 0.2) is 3.92 Å². The van der Waals surface area contributed by atoms with E-state index in [0.29, 0.717) is 6.04 Å². The summed E-state index contributed by atoms with van der Waals surface area (Å²) in [5.41, 5.74) is 0.0445. The predicted octanol–water partition coefficient (Wildman–Crippen LogP) is 1.67. The van der Waals surface area contributed by atoms with Crippen molar-refractivity contribution in [3.8, 4) is 0 Å². The first-order valence-electron chi connectivity index (χ1n) is 4.56. The van der Waals surface area contributed by atoms with Gasteiger partial charge in [0.25, 0.3) is 0 Å². The second-order valence-electron chi connectivity index (χ2n) is 4.08. The predicted molar refractivity (Wildman–Crippen MR) is 57.7 cm³/mol. The Kier molecular flexibility index (Phi) is 1.87. The number of fused-ring (bicyclic) bond motifs is 2. The molecule has 1 unspecified atom stereocenters. The van der Waals surface area contributed by atoms with Crippen molar-refractivity contribution in [2.24, 2.45) is 0 Å². The molecule has 3 rings (SSSR count). The van der Waals surface area contributed by atoms with Gasteiger partial charge in [0.15, 0.2) is 3.92 Å². The number of rotatable bonds is 1. The number of hydrogen-bond donors (Lipinski definition) is 0. The second-order valence-corrected chi connectivity index (χ2v) is 6.32. The second kappa shape index (κ2) is 2.90. The number of morpholine rings is 1. The first kappa shape index (κ1) is 9.06. The van der Waals surface area contributed by atoms with E-state index in [1.807, 2.05) is 0 Å². The summed E-state index contributed by atoms with van der Waals surface area (Å²) < 4.78 is 6.55. The zero-order chi connectivity index (χ0) is 9.76. The molecule has 0 saturated carbocycles. The molecule has 6 heteroatoms. The molecule has 0 amide bonds. The molecule has 3 heterocycles. The van der Waals surface area contributed by atoms with Crippen LogP contribution in [-0.2, 0) is 4.74 Å². The fraction of sp³-hybridized carbons (Fsp3) is 0.750. The summed E-state index contributed by atoms with van der Waals surface area (Å²) >= 11 is 4.92.